The molecule has 1 aliphatic heterocycles. The summed E-state index contributed by atoms with van der Waals surface area (Å²) in [7, 11) is 0. The van der Waals surface area contributed by atoms with Gasteiger partial charge in [0.05, 0.1) is 5.69 Å². The minimum Gasteiger partial charge on any atom is -0.422 e. The zero-order chi connectivity index (χ0) is 31.7. The summed E-state index contributed by atoms with van der Waals surface area (Å²) < 4.78 is 31.9. The van der Waals surface area contributed by atoms with Gasteiger partial charge in [0.1, 0.15) is 22.5 Å². The van der Waals surface area contributed by atoms with Crippen molar-refractivity contribution in [3.05, 3.63) is 107 Å². The fourth-order valence-corrected chi connectivity index (χ4v) is 5.93. The van der Waals surface area contributed by atoms with Crippen LogP contribution in [0.2, 0.25) is 0 Å². The fourth-order valence-electron chi connectivity index (χ4n) is 5.32. The summed E-state index contributed by atoms with van der Waals surface area (Å²) in [6.07, 6.45) is 1.69. The Morgan fingerprint density at radius 1 is 0.787 bits per heavy atom. The third-order valence-electron chi connectivity index (χ3n) is 7.59. The van der Waals surface area contributed by atoms with E-state index in [1.807, 2.05) is 52.3 Å². The van der Waals surface area contributed by atoms with E-state index < -0.39 is 5.63 Å². The predicted octanol–water partition coefficient (Wildman–Crippen LogP) is 5.99. The van der Waals surface area contributed by atoms with Crippen LogP contribution in [0, 0.1) is 5.82 Å². The number of halogens is 1. The molecule has 3 aromatic carbocycles. The minimum absolute atomic E-state index is 0.00357. The van der Waals surface area contributed by atoms with E-state index in [2.05, 4.69) is 30.1 Å². The van der Waals surface area contributed by atoms with E-state index >= 15 is 0 Å². The molecule has 0 atom stereocenters. The maximum atomic E-state index is 14.5. The van der Waals surface area contributed by atoms with Gasteiger partial charge in [-0.25, -0.2) is 9.18 Å². The first-order chi connectivity index (χ1) is 23.1. The number of aromatic nitrogens is 6. The van der Waals surface area contributed by atoms with Crippen molar-refractivity contribution < 1.29 is 18.0 Å². The lowest BCUT2D eigenvalue weighted by Crippen LogP contribution is -2.47. The van der Waals surface area contributed by atoms with Gasteiger partial charge >= 0.3 is 11.6 Å². The molecule has 0 radical (unpaired) electrons. The molecule has 1 saturated heterocycles. The van der Waals surface area contributed by atoms with Crippen LogP contribution < -0.4 is 20.2 Å². The number of nitrogens with zero attached hydrogens (tertiary/aromatic N) is 8. The van der Waals surface area contributed by atoms with Gasteiger partial charge in [-0.3, -0.25) is 4.98 Å². The number of piperazine rings is 1. The second kappa shape index (κ2) is 12.1. The highest BCUT2D eigenvalue weighted by Gasteiger charge is 2.24. The van der Waals surface area contributed by atoms with E-state index in [1.165, 1.54) is 6.07 Å². The van der Waals surface area contributed by atoms with Crippen molar-refractivity contribution in [2.45, 2.75) is 10.4 Å². The molecule has 0 unspecified atom stereocenters. The first-order valence-electron chi connectivity index (χ1n) is 14.6. The molecule has 0 spiro atoms. The third kappa shape index (κ3) is 5.81. The summed E-state index contributed by atoms with van der Waals surface area (Å²) >= 11 is 1.00. The lowest BCUT2D eigenvalue weighted by Gasteiger charge is -2.36. The van der Waals surface area contributed by atoms with Gasteiger partial charge in [-0.05, 0) is 36.4 Å². The van der Waals surface area contributed by atoms with Crippen molar-refractivity contribution >= 4 is 45.3 Å². The van der Waals surface area contributed by atoms with Gasteiger partial charge < -0.3 is 23.4 Å². The number of hydrogen-bond acceptors (Lipinski definition) is 13. The molecule has 1 fully saturated rings. The number of rotatable bonds is 7. The molecular weight excluding hydrogens is 623 g/mol. The Morgan fingerprint density at radius 2 is 1.57 bits per heavy atom. The Labute approximate surface area is 269 Å². The molecule has 4 aromatic heterocycles. The van der Waals surface area contributed by atoms with Crippen molar-refractivity contribution in [1.29, 1.82) is 0 Å². The number of hydrogen-bond donors (Lipinski definition) is 0. The molecule has 8 rings (SSSR count). The highest BCUT2D eigenvalue weighted by Crippen LogP contribution is 2.32. The number of benzene rings is 3. The molecule has 0 N–H and O–H groups in total. The van der Waals surface area contributed by atoms with Gasteiger partial charge in [0, 0.05) is 54.9 Å². The van der Waals surface area contributed by atoms with E-state index in [-0.39, 0.29) is 33.7 Å². The van der Waals surface area contributed by atoms with Crippen LogP contribution in [-0.4, -0.2) is 56.3 Å². The van der Waals surface area contributed by atoms with Gasteiger partial charge in [0.2, 0.25) is 11.1 Å². The third-order valence-corrected chi connectivity index (χ3v) is 8.30. The van der Waals surface area contributed by atoms with Crippen LogP contribution >= 0.6 is 11.8 Å². The SMILES string of the molecule is O=c1oc2ccccc2cc1-c1nnc(Sc2nc(Oc3cccc4cccnc34)nc(N3CCN(c4ccccc4F)CC3)n2)o1. The summed E-state index contributed by atoms with van der Waals surface area (Å²) in [5.41, 5.74) is 1.20. The molecule has 0 aliphatic carbocycles. The number of anilines is 2. The summed E-state index contributed by atoms with van der Waals surface area (Å²) in [6, 6.07) is 25.0. The average Bonchev–Trinajstić information content (AvgIpc) is 3.56. The van der Waals surface area contributed by atoms with Crippen molar-refractivity contribution in [3.63, 3.8) is 0 Å². The number of para-hydroxylation sites is 3. The Hall–Kier alpha value is -5.89. The van der Waals surface area contributed by atoms with Crippen LogP contribution in [-0.2, 0) is 0 Å². The van der Waals surface area contributed by atoms with Gasteiger partial charge in [-0.15, -0.1) is 10.2 Å². The number of ether oxygens (including phenoxy) is 1. The smallest absolute Gasteiger partial charge is 0.349 e. The zero-order valence-electron chi connectivity index (χ0n) is 24.5. The van der Waals surface area contributed by atoms with Crippen molar-refractivity contribution in [2.75, 3.05) is 36.0 Å². The molecule has 1 aliphatic rings. The van der Waals surface area contributed by atoms with Crippen molar-refractivity contribution in [1.82, 2.24) is 30.1 Å². The standard InChI is InChI=1S/C33H23FN8O4S/c34-23-10-2-3-11-24(23)41-15-17-42(18-16-41)30-36-31(45-26-13-5-8-20-9-6-14-35-27(20)26)38-32(37-30)47-33-40-39-28(46-33)22-19-21-7-1-4-12-25(21)44-29(22)43/h1-14,19H,15-18H2. The van der Waals surface area contributed by atoms with Crippen LogP contribution in [0.3, 0.4) is 0 Å². The zero-order valence-corrected chi connectivity index (χ0v) is 25.3. The first kappa shape index (κ1) is 28.6. The second-order valence-electron chi connectivity index (χ2n) is 10.5. The van der Waals surface area contributed by atoms with Crippen LogP contribution in [0.5, 0.6) is 11.8 Å². The monoisotopic (exact) mass is 646 g/mol. The van der Waals surface area contributed by atoms with Gasteiger partial charge in [0.15, 0.2) is 5.75 Å². The molecule has 232 valence electrons. The fraction of sp³-hybridized carbons (Fsp3) is 0.121. The first-order valence-corrected chi connectivity index (χ1v) is 15.5. The molecule has 47 heavy (non-hydrogen) atoms. The van der Waals surface area contributed by atoms with Gasteiger partial charge in [-0.1, -0.05) is 48.5 Å². The Balaban J connectivity index is 1.10. The molecule has 12 nitrogen and oxygen atoms in total. The largest absolute Gasteiger partial charge is 0.422 e. The highest BCUT2D eigenvalue weighted by atomic mass is 32.2. The molecule has 7 aromatic rings. The summed E-state index contributed by atoms with van der Waals surface area (Å²) in [6.45, 7) is 2.17. The molecule has 14 heteroatoms. The summed E-state index contributed by atoms with van der Waals surface area (Å²) in [4.78, 5) is 35.0. The van der Waals surface area contributed by atoms with Crippen LogP contribution in [0.15, 0.2) is 115 Å². The van der Waals surface area contributed by atoms with Crippen LogP contribution in [0.4, 0.5) is 16.0 Å². The van der Waals surface area contributed by atoms with E-state index in [0.717, 1.165) is 22.5 Å². The molecule has 0 amide bonds. The van der Waals surface area contributed by atoms with E-state index in [1.54, 1.807) is 42.6 Å². The van der Waals surface area contributed by atoms with Gasteiger partial charge in [-0.2, -0.15) is 15.0 Å². The molecule has 0 bridgehead atoms. The van der Waals surface area contributed by atoms with Crippen LogP contribution in [0.1, 0.15) is 0 Å². The average molecular weight is 647 g/mol. The maximum absolute atomic E-state index is 14.5. The molecule has 0 saturated carbocycles. The van der Waals surface area contributed by atoms with E-state index in [4.69, 9.17) is 13.6 Å². The summed E-state index contributed by atoms with van der Waals surface area (Å²) in [5, 5.41) is 10.1. The van der Waals surface area contributed by atoms with Crippen molar-refractivity contribution in [2.24, 2.45) is 0 Å². The highest BCUT2D eigenvalue weighted by molar-refractivity contribution is 7.98. The normalized spacial score (nSPS) is 13.4. The van der Waals surface area contributed by atoms with Crippen molar-refractivity contribution in [3.8, 4) is 23.2 Å². The number of fused-ring (bicyclic) bond motifs is 2. The van der Waals surface area contributed by atoms with Gasteiger partial charge in [0.25, 0.3) is 11.1 Å². The van der Waals surface area contributed by atoms with E-state index in [9.17, 15) is 9.18 Å². The second-order valence-corrected chi connectivity index (χ2v) is 11.4. The Bertz CT molecular complexity index is 2300. The topological polar surface area (TPSA) is 136 Å². The lowest BCUT2D eigenvalue weighted by molar-refractivity contribution is 0.433. The Kier molecular flexibility index (Phi) is 7.38. The predicted molar refractivity (Wildman–Crippen MR) is 172 cm³/mol. The number of pyridine rings is 1. The molecular formula is C33H23FN8O4S. The Morgan fingerprint density at radius 3 is 2.47 bits per heavy atom. The molecule has 5 heterocycles. The van der Waals surface area contributed by atoms with E-state index in [0.29, 0.717) is 54.7 Å². The minimum atomic E-state index is -0.597. The van der Waals surface area contributed by atoms with Crippen LogP contribution in [0.25, 0.3) is 33.3 Å². The summed E-state index contributed by atoms with van der Waals surface area (Å²) in [5.74, 6) is 0.584. The quantitative estimate of drug-likeness (QED) is 0.188. The lowest BCUT2D eigenvalue weighted by atomic mass is 10.2. The maximum Gasteiger partial charge on any atom is 0.349 e.